The van der Waals surface area contributed by atoms with Gasteiger partial charge in [-0.25, -0.2) is 9.55 Å². The van der Waals surface area contributed by atoms with E-state index >= 15 is 0 Å². The highest BCUT2D eigenvalue weighted by atomic mass is 32.1. The van der Waals surface area contributed by atoms with E-state index in [4.69, 9.17) is 4.74 Å². The Morgan fingerprint density at radius 3 is 2.92 bits per heavy atom. The van der Waals surface area contributed by atoms with Crippen LogP contribution < -0.4 is 5.32 Å². The average Bonchev–Trinajstić information content (AvgIpc) is 3.14. The van der Waals surface area contributed by atoms with Crippen molar-refractivity contribution in [1.29, 1.82) is 0 Å². The molecule has 2 aromatic rings. The van der Waals surface area contributed by atoms with E-state index in [9.17, 15) is 14.9 Å². The number of carbonyl (C=O) groups is 1. The number of nitrogens with zero attached hydrogens (tertiary/aromatic N) is 6. The van der Waals surface area contributed by atoms with Gasteiger partial charge in [0.05, 0.1) is 26.8 Å². The fourth-order valence-electron chi connectivity index (χ4n) is 2.34. The highest BCUT2D eigenvalue weighted by Crippen LogP contribution is 2.29. The maximum absolute atomic E-state index is 12.2. The maximum Gasteiger partial charge on any atom is 0.342 e. The van der Waals surface area contributed by atoms with Crippen molar-refractivity contribution in [2.75, 3.05) is 38.2 Å². The third kappa shape index (κ3) is 3.39. The number of aromatic nitrogens is 4. The number of rotatable bonds is 5. The average molecular weight is 353 g/mol. The van der Waals surface area contributed by atoms with Gasteiger partial charge in [0, 0.05) is 24.6 Å². The predicted octanol–water partition coefficient (Wildman–Crippen LogP) is 0.117. The predicted molar refractivity (Wildman–Crippen MR) is 84.7 cm³/mol. The van der Waals surface area contributed by atoms with Crippen LogP contribution >= 0.6 is 11.5 Å². The van der Waals surface area contributed by atoms with Gasteiger partial charge in [0.15, 0.2) is 5.69 Å². The van der Waals surface area contributed by atoms with Crippen LogP contribution in [0.25, 0.3) is 11.5 Å². The molecule has 1 aliphatic heterocycles. The molecule has 0 saturated carbocycles. The summed E-state index contributed by atoms with van der Waals surface area (Å²) in [6, 6.07) is 0. The number of ether oxygens (including phenoxy) is 1. The Hall–Kier alpha value is -2.44. The lowest BCUT2D eigenvalue weighted by atomic mass is 10.4. The van der Waals surface area contributed by atoms with Crippen LogP contribution in [0.15, 0.2) is 6.20 Å². The van der Waals surface area contributed by atoms with E-state index in [1.807, 2.05) is 4.90 Å². The minimum Gasteiger partial charge on any atom is -0.379 e. The maximum atomic E-state index is 12.2. The Kier molecular flexibility index (Phi) is 4.78. The molecule has 1 fully saturated rings. The van der Waals surface area contributed by atoms with E-state index in [1.165, 1.54) is 11.6 Å². The van der Waals surface area contributed by atoms with Crippen molar-refractivity contribution in [1.82, 2.24) is 24.0 Å². The number of amides is 1. The van der Waals surface area contributed by atoms with E-state index in [2.05, 4.69) is 19.9 Å². The number of hydrogen-bond donors (Lipinski definition) is 1. The highest BCUT2D eigenvalue weighted by molar-refractivity contribution is 7.10. The zero-order valence-electron chi connectivity index (χ0n) is 12.8. The van der Waals surface area contributed by atoms with E-state index in [0.29, 0.717) is 37.0 Å². The van der Waals surface area contributed by atoms with Crippen molar-refractivity contribution in [3.8, 4) is 11.5 Å². The van der Waals surface area contributed by atoms with Crippen molar-refractivity contribution in [2.24, 2.45) is 7.05 Å². The molecule has 24 heavy (non-hydrogen) atoms. The quantitative estimate of drug-likeness (QED) is 0.593. The summed E-state index contributed by atoms with van der Waals surface area (Å²) in [5.41, 5.74) is 0.311. The van der Waals surface area contributed by atoms with Crippen LogP contribution in [0.1, 0.15) is 0 Å². The molecule has 1 amide bonds. The fourth-order valence-corrected chi connectivity index (χ4v) is 2.92. The second kappa shape index (κ2) is 6.98. The fraction of sp³-hybridized carbons (Fsp3) is 0.500. The highest BCUT2D eigenvalue weighted by Gasteiger charge is 2.25. The number of nitro groups is 1. The molecule has 0 radical (unpaired) electrons. The van der Waals surface area contributed by atoms with Crippen molar-refractivity contribution < 1.29 is 14.5 Å². The smallest absolute Gasteiger partial charge is 0.342 e. The van der Waals surface area contributed by atoms with Crippen LogP contribution in [0.3, 0.4) is 0 Å². The number of imidazole rings is 1. The van der Waals surface area contributed by atoms with Crippen molar-refractivity contribution in [2.45, 2.75) is 0 Å². The second-order valence-corrected chi connectivity index (χ2v) is 5.90. The minimum atomic E-state index is -0.535. The van der Waals surface area contributed by atoms with Gasteiger partial charge in [0.1, 0.15) is 11.2 Å². The molecule has 0 bridgehead atoms. The Morgan fingerprint density at radius 2 is 2.25 bits per heavy atom. The summed E-state index contributed by atoms with van der Waals surface area (Å²) < 4.78 is 10.4. The lowest BCUT2D eigenvalue weighted by molar-refractivity contribution is -0.391. The van der Waals surface area contributed by atoms with Crippen molar-refractivity contribution in [3.05, 3.63) is 16.3 Å². The topological polar surface area (TPSA) is 128 Å². The van der Waals surface area contributed by atoms with E-state index in [-0.39, 0.29) is 24.1 Å². The number of hydrogen-bond acceptors (Lipinski definition) is 9. The molecule has 128 valence electrons. The van der Waals surface area contributed by atoms with Gasteiger partial charge in [0.25, 0.3) is 5.82 Å². The first-order valence-electron chi connectivity index (χ1n) is 7.15. The molecule has 11 nitrogen and oxygen atoms in total. The molecule has 1 saturated heterocycles. The van der Waals surface area contributed by atoms with Crippen molar-refractivity contribution in [3.63, 3.8) is 0 Å². The summed E-state index contributed by atoms with van der Waals surface area (Å²) in [6.07, 6.45) is 1.15. The first-order chi connectivity index (χ1) is 11.6. The summed E-state index contributed by atoms with van der Waals surface area (Å²) in [4.78, 5) is 28.6. The lowest BCUT2D eigenvalue weighted by Crippen LogP contribution is -2.41. The van der Waals surface area contributed by atoms with Crippen LogP contribution in [-0.4, -0.2) is 67.7 Å². The molecule has 0 unspecified atom stereocenters. The Labute approximate surface area is 140 Å². The Bertz CT molecular complexity index is 752. The van der Waals surface area contributed by atoms with E-state index < -0.39 is 4.92 Å². The second-order valence-electron chi connectivity index (χ2n) is 5.14. The van der Waals surface area contributed by atoms with Gasteiger partial charge in [-0.2, -0.15) is 0 Å². The van der Waals surface area contributed by atoms with E-state index in [0.717, 1.165) is 17.7 Å². The lowest BCUT2D eigenvalue weighted by Gasteiger charge is -2.25. The molecular weight excluding hydrogens is 338 g/mol. The number of anilines is 1. The molecule has 0 aromatic carbocycles. The first kappa shape index (κ1) is 16.4. The van der Waals surface area contributed by atoms with Crippen LogP contribution in [0.5, 0.6) is 0 Å². The zero-order valence-corrected chi connectivity index (χ0v) is 13.7. The molecule has 3 heterocycles. The monoisotopic (exact) mass is 353 g/mol. The summed E-state index contributed by atoms with van der Waals surface area (Å²) in [5.74, 6) is -0.0892. The number of carbonyl (C=O) groups excluding carboxylic acids is 1. The molecule has 0 atom stereocenters. The Balaban J connectivity index is 1.73. The number of morpholine rings is 1. The summed E-state index contributed by atoms with van der Waals surface area (Å²) in [5, 5.41) is 18.0. The van der Waals surface area contributed by atoms with Crippen LogP contribution in [0.2, 0.25) is 0 Å². The molecule has 1 aliphatic rings. The van der Waals surface area contributed by atoms with Gasteiger partial charge in [-0.15, -0.1) is 5.10 Å². The van der Waals surface area contributed by atoms with Gasteiger partial charge < -0.3 is 20.2 Å². The molecule has 3 rings (SSSR count). The third-order valence-electron chi connectivity index (χ3n) is 3.57. The third-order valence-corrected chi connectivity index (χ3v) is 4.22. The largest absolute Gasteiger partial charge is 0.379 e. The molecular formula is C12H15N7O4S. The van der Waals surface area contributed by atoms with Gasteiger partial charge in [-0.05, 0) is 4.92 Å². The van der Waals surface area contributed by atoms with Gasteiger partial charge >= 0.3 is 5.82 Å². The van der Waals surface area contributed by atoms with Gasteiger partial charge in [-0.3, -0.25) is 9.69 Å². The molecule has 0 spiro atoms. The van der Waals surface area contributed by atoms with Crippen LogP contribution in [0.4, 0.5) is 10.8 Å². The van der Waals surface area contributed by atoms with E-state index in [1.54, 1.807) is 0 Å². The molecule has 0 aliphatic carbocycles. The zero-order chi connectivity index (χ0) is 17.1. The SMILES string of the molecule is Cn1c([N+](=O)[O-])cnc1-c1nnsc1NC(=O)CN1CCOCC1. The standard InChI is InChI=1S/C12H15N7O4S/c1-17-9(19(21)22)6-13-11(17)10-12(24-16-15-10)14-8(20)7-18-2-4-23-5-3-18/h6H,2-5,7H2,1H3,(H,14,20). The van der Waals surface area contributed by atoms with Crippen LogP contribution in [0, 0.1) is 10.1 Å². The summed E-state index contributed by atoms with van der Waals surface area (Å²) in [7, 11) is 1.51. The molecule has 2 aromatic heterocycles. The number of nitrogens with one attached hydrogen (secondary N) is 1. The molecule has 1 N–H and O–H groups in total. The Morgan fingerprint density at radius 1 is 1.50 bits per heavy atom. The van der Waals surface area contributed by atoms with Gasteiger partial charge in [-0.1, -0.05) is 4.49 Å². The summed E-state index contributed by atoms with van der Waals surface area (Å²) in [6.45, 7) is 2.86. The van der Waals surface area contributed by atoms with Crippen LogP contribution in [-0.2, 0) is 16.6 Å². The minimum absolute atomic E-state index is 0.163. The molecule has 12 heteroatoms. The first-order valence-corrected chi connectivity index (χ1v) is 7.92. The van der Waals surface area contributed by atoms with Crippen molar-refractivity contribution >= 4 is 28.3 Å². The normalized spacial score (nSPS) is 15.4. The van der Waals surface area contributed by atoms with Gasteiger partial charge in [0.2, 0.25) is 5.91 Å². The summed E-state index contributed by atoms with van der Waals surface area (Å²) >= 11 is 1.00.